The number of rotatable bonds is 4. The van der Waals surface area contributed by atoms with E-state index in [0.29, 0.717) is 19.4 Å². The zero-order valence-electron chi connectivity index (χ0n) is 15.6. The summed E-state index contributed by atoms with van der Waals surface area (Å²) in [6.07, 6.45) is 7.18. The summed E-state index contributed by atoms with van der Waals surface area (Å²) in [5.41, 5.74) is 5.21. The highest BCUT2D eigenvalue weighted by Crippen LogP contribution is 2.33. The topological polar surface area (TPSA) is 91.7 Å². The quantitative estimate of drug-likeness (QED) is 0.713. The van der Waals surface area contributed by atoms with Crippen LogP contribution in [0.15, 0.2) is 36.9 Å². The second-order valence-corrected chi connectivity index (χ2v) is 7.32. The van der Waals surface area contributed by atoms with E-state index >= 15 is 0 Å². The SMILES string of the molecule is O=C(CCc1cc2n(n1)CCNC2)N1CCc2[nH]cnc2C1c1cccnc1. The Morgan fingerprint density at radius 1 is 1.32 bits per heavy atom. The fraction of sp³-hybridized carbons (Fsp3) is 0.400. The van der Waals surface area contributed by atoms with Crippen molar-refractivity contribution in [3.05, 3.63) is 65.3 Å². The van der Waals surface area contributed by atoms with Gasteiger partial charge in [0.1, 0.15) is 6.04 Å². The van der Waals surface area contributed by atoms with E-state index < -0.39 is 0 Å². The van der Waals surface area contributed by atoms with Crippen LogP contribution in [0.2, 0.25) is 0 Å². The van der Waals surface area contributed by atoms with E-state index in [2.05, 4.69) is 31.4 Å². The van der Waals surface area contributed by atoms with E-state index in [0.717, 1.165) is 48.7 Å². The molecule has 0 saturated carbocycles. The third-order valence-corrected chi connectivity index (χ3v) is 5.56. The number of pyridine rings is 1. The minimum absolute atomic E-state index is 0.131. The molecule has 3 aromatic rings. The molecule has 0 spiro atoms. The van der Waals surface area contributed by atoms with Gasteiger partial charge in [0.2, 0.25) is 5.91 Å². The van der Waals surface area contributed by atoms with Gasteiger partial charge in [-0.15, -0.1) is 0 Å². The van der Waals surface area contributed by atoms with Crippen molar-refractivity contribution >= 4 is 5.91 Å². The van der Waals surface area contributed by atoms with Crippen LogP contribution in [0.1, 0.15) is 40.8 Å². The van der Waals surface area contributed by atoms with Crippen LogP contribution in [0.3, 0.4) is 0 Å². The molecule has 2 aliphatic rings. The van der Waals surface area contributed by atoms with E-state index in [1.54, 1.807) is 12.5 Å². The first-order chi connectivity index (χ1) is 13.8. The monoisotopic (exact) mass is 377 g/mol. The summed E-state index contributed by atoms with van der Waals surface area (Å²) in [5.74, 6) is 0.131. The van der Waals surface area contributed by atoms with E-state index in [9.17, 15) is 4.79 Å². The van der Waals surface area contributed by atoms with Crippen LogP contribution in [0.5, 0.6) is 0 Å². The van der Waals surface area contributed by atoms with Crippen molar-refractivity contribution < 1.29 is 4.79 Å². The van der Waals surface area contributed by atoms with Gasteiger partial charge in [0.05, 0.1) is 30.0 Å². The molecule has 1 amide bonds. The molecule has 0 aromatic carbocycles. The van der Waals surface area contributed by atoms with Gasteiger partial charge in [-0.25, -0.2) is 4.98 Å². The number of H-pyrrole nitrogens is 1. The predicted octanol–water partition coefficient (Wildman–Crippen LogP) is 1.21. The Morgan fingerprint density at radius 2 is 2.29 bits per heavy atom. The molecule has 2 aliphatic heterocycles. The van der Waals surface area contributed by atoms with Gasteiger partial charge >= 0.3 is 0 Å². The van der Waals surface area contributed by atoms with Gasteiger partial charge in [-0.2, -0.15) is 5.10 Å². The molecule has 0 aliphatic carbocycles. The summed E-state index contributed by atoms with van der Waals surface area (Å²) in [6.45, 7) is 3.36. The van der Waals surface area contributed by atoms with Crippen molar-refractivity contribution in [1.29, 1.82) is 0 Å². The molecule has 5 rings (SSSR count). The Morgan fingerprint density at radius 3 is 3.14 bits per heavy atom. The van der Waals surface area contributed by atoms with Gasteiger partial charge in [-0.05, 0) is 17.7 Å². The summed E-state index contributed by atoms with van der Waals surface area (Å²) in [4.78, 5) is 27.1. The number of fused-ring (bicyclic) bond motifs is 2. The molecule has 0 bridgehead atoms. The van der Waals surface area contributed by atoms with Gasteiger partial charge in [0.15, 0.2) is 0 Å². The number of amides is 1. The Kier molecular flexibility index (Phi) is 4.40. The maximum Gasteiger partial charge on any atom is 0.223 e. The molecule has 0 fully saturated rings. The number of carbonyl (C=O) groups is 1. The fourth-order valence-electron chi connectivity index (χ4n) is 4.17. The third-order valence-electron chi connectivity index (χ3n) is 5.56. The maximum atomic E-state index is 13.2. The van der Waals surface area contributed by atoms with Crippen LogP contribution in [-0.2, 0) is 30.7 Å². The largest absolute Gasteiger partial charge is 0.348 e. The zero-order chi connectivity index (χ0) is 18.9. The van der Waals surface area contributed by atoms with Gasteiger partial charge < -0.3 is 15.2 Å². The number of imidazole rings is 1. The molecular formula is C20H23N7O. The normalized spacial score (nSPS) is 18.6. The first-order valence-electron chi connectivity index (χ1n) is 9.77. The van der Waals surface area contributed by atoms with Gasteiger partial charge in [0.25, 0.3) is 0 Å². The second-order valence-electron chi connectivity index (χ2n) is 7.32. The fourth-order valence-corrected chi connectivity index (χ4v) is 4.17. The number of aryl methyl sites for hydroxylation is 1. The van der Waals surface area contributed by atoms with Crippen LogP contribution in [0, 0.1) is 0 Å². The lowest BCUT2D eigenvalue weighted by Crippen LogP contribution is -2.40. The highest BCUT2D eigenvalue weighted by Gasteiger charge is 2.34. The second kappa shape index (κ2) is 7.20. The maximum absolute atomic E-state index is 13.2. The molecule has 28 heavy (non-hydrogen) atoms. The van der Waals surface area contributed by atoms with Crippen molar-refractivity contribution in [2.45, 2.75) is 38.4 Å². The molecule has 2 N–H and O–H groups in total. The average molecular weight is 377 g/mol. The number of hydrogen-bond donors (Lipinski definition) is 2. The summed E-state index contributed by atoms with van der Waals surface area (Å²) in [5, 5.41) is 8.00. The summed E-state index contributed by atoms with van der Waals surface area (Å²) in [6, 6.07) is 5.84. The smallest absolute Gasteiger partial charge is 0.223 e. The highest BCUT2D eigenvalue weighted by atomic mass is 16.2. The molecule has 3 aromatic heterocycles. The van der Waals surface area contributed by atoms with Crippen LogP contribution in [0.4, 0.5) is 0 Å². The first kappa shape index (κ1) is 17.1. The lowest BCUT2D eigenvalue weighted by Gasteiger charge is -2.35. The van der Waals surface area contributed by atoms with Crippen molar-refractivity contribution in [2.75, 3.05) is 13.1 Å². The minimum Gasteiger partial charge on any atom is -0.348 e. The molecule has 0 radical (unpaired) electrons. The molecule has 144 valence electrons. The minimum atomic E-state index is -0.185. The number of carbonyl (C=O) groups excluding carboxylic acids is 1. The molecule has 1 atom stereocenters. The van der Waals surface area contributed by atoms with Gasteiger partial charge in [-0.1, -0.05) is 6.07 Å². The summed E-state index contributed by atoms with van der Waals surface area (Å²) < 4.78 is 2.05. The lowest BCUT2D eigenvalue weighted by atomic mass is 9.96. The van der Waals surface area contributed by atoms with E-state index in [-0.39, 0.29) is 11.9 Å². The Balaban J connectivity index is 1.35. The standard InChI is InChI=1S/C20H23N7O/c28-18(4-3-15-10-16-12-22-7-9-27(16)25-15)26-8-5-17-19(24-13-23-17)20(26)14-2-1-6-21-11-14/h1-2,6,10-11,13,20,22H,3-5,7-9,12H2,(H,23,24). The Bertz CT molecular complexity index is 954. The third kappa shape index (κ3) is 3.09. The lowest BCUT2D eigenvalue weighted by molar-refractivity contribution is -0.133. The summed E-state index contributed by atoms with van der Waals surface area (Å²) in [7, 11) is 0. The van der Waals surface area contributed by atoms with Gasteiger partial charge in [0, 0.05) is 57.0 Å². The van der Waals surface area contributed by atoms with Crippen LogP contribution in [-0.4, -0.2) is 48.6 Å². The first-order valence-corrected chi connectivity index (χ1v) is 9.77. The van der Waals surface area contributed by atoms with Crippen molar-refractivity contribution in [1.82, 2.24) is 34.9 Å². The number of nitrogens with one attached hydrogen (secondary N) is 2. The molecule has 8 heteroatoms. The number of hydrogen-bond acceptors (Lipinski definition) is 5. The van der Waals surface area contributed by atoms with Gasteiger partial charge in [-0.3, -0.25) is 14.5 Å². The number of nitrogens with zero attached hydrogens (tertiary/aromatic N) is 5. The highest BCUT2D eigenvalue weighted by molar-refractivity contribution is 5.77. The Labute approximate surface area is 163 Å². The predicted molar refractivity (Wildman–Crippen MR) is 102 cm³/mol. The van der Waals surface area contributed by atoms with E-state index in [4.69, 9.17) is 0 Å². The number of aromatic amines is 1. The Hall–Kier alpha value is -3.00. The van der Waals surface area contributed by atoms with Crippen molar-refractivity contribution in [3.63, 3.8) is 0 Å². The number of aromatic nitrogens is 5. The average Bonchev–Trinajstić information content (AvgIpc) is 3.38. The zero-order valence-corrected chi connectivity index (χ0v) is 15.6. The molecular weight excluding hydrogens is 354 g/mol. The molecule has 8 nitrogen and oxygen atoms in total. The van der Waals surface area contributed by atoms with Crippen molar-refractivity contribution in [3.8, 4) is 0 Å². The molecule has 0 saturated heterocycles. The van der Waals surface area contributed by atoms with Crippen LogP contribution < -0.4 is 5.32 Å². The molecule has 1 unspecified atom stereocenters. The van der Waals surface area contributed by atoms with Crippen molar-refractivity contribution in [2.24, 2.45) is 0 Å². The van der Waals surface area contributed by atoms with Crippen LogP contribution >= 0.6 is 0 Å². The van der Waals surface area contributed by atoms with Crippen LogP contribution in [0.25, 0.3) is 0 Å². The van der Waals surface area contributed by atoms with E-state index in [1.807, 2.05) is 27.9 Å². The summed E-state index contributed by atoms with van der Waals surface area (Å²) >= 11 is 0. The molecule has 5 heterocycles. The van der Waals surface area contributed by atoms with E-state index in [1.165, 1.54) is 5.69 Å².